The molecule has 0 fully saturated rings. The molecule has 0 saturated carbocycles. The third-order valence-corrected chi connectivity index (χ3v) is 14.2. The summed E-state index contributed by atoms with van der Waals surface area (Å²) in [6.45, 7) is 34.3. The Kier molecular flexibility index (Phi) is 27.5. The highest BCUT2D eigenvalue weighted by Gasteiger charge is 2.29. The predicted molar refractivity (Wildman–Crippen MR) is 320 cm³/mol. The van der Waals surface area contributed by atoms with E-state index in [1.54, 1.807) is 42.6 Å². The number of aromatic nitrogens is 1. The molecule has 2 aliphatic rings. The first kappa shape index (κ1) is 64.4. The Bertz CT molecular complexity index is 2460. The molecule has 2 atom stereocenters. The molecule has 6 aromatic carbocycles. The fraction of sp³-hybridized carbons (Fsp3) is 0.397. The Morgan fingerprint density at radius 2 is 0.773 bits per heavy atom. The molecule has 7 aromatic rings. The average molecular weight is 1080 g/mol. The molecule has 0 N–H and O–H groups in total. The van der Waals surface area contributed by atoms with E-state index in [4.69, 9.17) is 34.8 Å². The summed E-state index contributed by atoms with van der Waals surface area (Å²) in [6, 6.07) is 44.3. The van der Waals surface area contributed by atoms with Gasteiger partial charge in [-0.3, -0.25) is 4.98 Å². The van der Waals surface area contributed by atoms with Crippen LogP contribution >= 0.6 is 34.8 Å². The third kappa shape index (κ3) is 22.3. The summed E-state index contributed by atoms with van der Waals surface area (Å²) in [5, 5.41) is 1.96. The van der Waals surface area contributed by atoms with Crippen LogP contribution in [0.2, 0.25) is 15.1 Å². The molecule has 0 spiro atoms. The van der Waals surface area contributed by atoms with Gasteiger partial charge in [0.1, 0.15) is 17.5 Å². The molecule has 0 amide bonds. The van der Waals surface area contributed by atoms with E-state index in [1.807, 2.05) is 50.2 Å². The maximum Gasteiger partial charge on any atom is 0.128 e. The maximum atomic E-state index is 13.0. The molecule has 9 rings (SSSR count). The van der Waals surface area contributed by atoms with Crippen LogP contribution in [0, 0.1) is 43.1 Å². The highest BCUT2D eigenvalue weighted by Crippen LogP contribution is 2.41. The summed E-state index contributed by atoms with van der Waals surface area (Å²) in [5.41, 5.74) is 13.8. The minimum absolute atomic E-state index is 0.0981. The number of hydrogen-bond donors (Lipinski definition) is 0. The molecular weight excluding hydrogens is 994 g/mol. The number of rotatable bonds is 7. The summed E-state index contributed by atoms with van der Waals surface area (Å²) in [6.07, 6.45) is 3.94. The van der Waals surface area contributed by atoms with Crippen LogP contribution in [0.1, 0.15) is 200 Å². The van der Waals surface area contributed by atoms with E-state index in [-0.39, 0.29) is 23.4 Å². The van der Waals surface area contributed by atoms with E-state index >= 15 is 0 Å². The lowest BCUT2D eigenvalue weighted by Gasteiger charge is -2.33. The normalized spacial score (nSPS) is 13.7. The first-order chi connectivity index (χ1) is 35.3. The van der Waals surface area contributed by atoms with E-state index in [0.29, 0.717) is 57.4 Å². The van der Waals surface area contributed by atoms with E-state index in [1.165, 1.54) is 56.1 Å². The number of fused-ring (bicyclic) bond motifs is 2. The van der Waals surface area contributed by atoms with Crippen LogP contribution in [-0.2, 0) is 12.8 Å². The summed E-state index contributed by atoms with van der Waals surface area (Å²) in [4.78, 5) is 4.15. The van der Waals surface area contributed by atoms with Crippen LogP contribution < -0.4 is 0 Å². The molecule has 0 bridgehead atoms. The smallest absolute Gasteiger partial charge is 0.128 e. The second-order valence-corrected chi connectivity index (χ2v) is 23.3. The van der Waals surface area contributed by atoms with Crippen LogP contribution in [0.25, 0.3) is 0 Å². The predicted octanol–water partition coefficient (Wildman–Crippen LogP) is 22.4. The van der Waals surface area contributed by atoms with Crippen LogP contribution in [0.5, 0.6) is 0 Å². The highest BCUT2D eigenvalue weighted by atomic mass is 35.5. The van der Waals surface area contributed by atoms with Crippen molar-refractivity contribution in [1.82, 2.24) is 4.98 Å². The van der Waals surface area contributed by atoms with Gasteiger partial charge in [0, 0.05) is 21.9 Å². The van der Waals surface area contributed by atoms with Crippen molar-refractivity contribution in [3.05, 3.63) is 240 Å². The summed E-state index contributed by atoms with van der Waals surface area (Å²) >= 11 is 17.0. The Labute approximate surface area is 466 Å². The Balaban J connectivity index is 0.000000231. The number of nitrogens with zero attached hydrogens (tertiary/aromatic N) is 1. The van der Waals surface area contributed by atoms with E-state index in [0.717, 1.165) is 29.1 Å². The number of benzene rings is 6. The first-order valence-electron chi connectivity index (χ1n) is 26.8. The summed E-state index contributed by atoms with van der Waals surface area (Å²) in [5.74, 6) is 4.65. The van der Waals surface area contributed by atoms with Gasteiger partial charge in [-0.1, -0.05) is 222 Å². The number of hydrogen-bond acceptors (Lipinski definition) is 1. The third-order valence-electron chi connectivity index (χ3n) is 13.5. The minimum atomic E-state index is -0.215. The lowest BCUT2D eigenvalue weighted by atomic mass is 9.72. The molecule has 0 radical (unpaired) electrons. The van der Waals surface area contributed by atoms with Crippen molar-refractivity contribution in [3.63, 3.8) is 0 Å². The quantitative estimate of drug-likeness (QED) is 0.155. The first-order valence-corrected chi connectivity index (χ1v) is 27.9. The van der Waals surface area contributed by atoms with Crippen LogP contribution in [0.3, 0.4) is 0 Å². The average Bonchev–Trinajstić information content (AvgIpc) is 3.32. The lowest BCUT2D eigenvalue weighted by molar-refractivity contribution is 0.446. The number of halogens is 6. The van der Waals surface area contributed by atoms with Crippen LogP contribution in [-0.4, -0.2) is 4.98 Å². The molecule has 0 saturated heterocycles. The van der Waals surface area contributed by atoms with Gasteiger partial charge in [-0.2, -0.15) is 0 Å². The van der Waals surface area contributed by atoms with Crippen molar-refractivity contribution in [2.24, 2.45) is 11.8 Å². The molecule has 1 heterocycles. The monoisotopic (exact) mass is 1080 g/mol. The largest absolute Gasteiger partial charge is 0.259 e. The molecule has 7 heteroatoms. The van der Waals surface area contributed by atoms with Gasteiger partial charge in [-0.25, -0.2) is 13.2 Å². The van der Waals surface area contributed by atoms with Gasteiger partial charge in [0.05, 0.1) is 5.02 Å². The van der Waals surface area contributed by atoms with E-state index < -0.39 is 0 Å². The van der Waals surface area contributed by atoms with Gasteiger partial charge in [-0.15, -0.1) is 0 Å². The number of aryl methyl sites for hydroxylation is 2. The van der Waals surface area contributed by atoms with Crippen LogP contribution in [0.15, 0.2) is 146 Å². The topological polar surface area (TPSA) is 12.9 Å². The second kappa shape index (κ2) is 32.0. The van der Waals surface area contributed by atoms with Crippen molar-refractivity contribution >= 4 is 34.8 Å². The molecule has 2 aliphatic carbocycles. The van der Waals surface area contributed by atoms with Gasteiger partial charge < -0.3 is 0 Å². The van der Waals surface area contributed by atoms with E-state index in [9.17, 15) is 13.2 Å². The van der Waals surface area contributed by atoms with Crippen LogP contribution in [0.4, 0.5) is 13.2 Å². The van der Waals surface area contributed by atoms with Gasteiger partial charge in [0.15, 0.2) is 0 Å². The van der Waals surface area contributed by atoms with Gasteiger partial charge in [-0.05, 0) is 185 Å². The highest BCUT2D eigenvalue weighted by molar-refractivity contribution is 6.31. The molecular formula is C68H85Cl3F3N. The standard InChI is InChI=1S/2C11H13F.2C10H14.C9H10ClF.C9H11Cl.C8H10ClN/c2*1-7(2)10-5-8-3-4-9(12)6-11(8)10;2*1-8(2)10-6-4-9(3)5-7-10;1-6(2)8-4-3-7(10)5-9(8)11;1-7(2)8-3-5-9(10)6-4-8;1-6(2)8-4-3-7(9)5-10-8/h2*3-4,6-7,10H,5H2,1-2H3;2*4-8H,1-3H3;3-6H,1-2H3;3-7H,1-2H3;3-6H,1-2H3/t2*10-;;;;;/m10...../s1. The van der Waals surface area contributed by atoms with Gasteiger partial charge in [0.25, 0.3) is 0 Å². The van der Waals surface area contributed by atoms with Crippen molar-refractivity contribution in [2.45, 2.75) is 165 Å². The number of pyridine rings is 1. The maximum absolute atomic E-state index is 13.0. The fourth-order valence-corrected chi connectivity index (χ4v) is 8.66. The Hall–Kier alpha value is -4.87. The minimum Gasteiger partial charge on any atom is -0.259 e. The Morgan fingerprint density at radius 1 is 0.400 bits per heavy atom. The molecule has 0 aliphatic heterocycles. The Morgan fingerprint density at radius 3 is 1.09 bits per heavy atom. The van der Waals surface area contributed by atoms with Crippen molar-refractivity contribution in [2.75, 3.05) is 0 Å². The molecule has 1 aromatic heterocycles. The zero-order valence-electron chi connectivity index (χ0n) is 47.7. The lowest BCUT2D eigenvalue weighted by Crippen LogP contribution is -2.21. The SMILES string of the molecule is CC(C)[C@@H]1Cc2ccc(F)cc21.CC(C)[C@H]1Cc2ccc(F)cc21.CC(C)c1ccc(Cl)cc1.CC(C)c1ccc(Cl)cc1F.CC(C)c1ccc(Cl)cn1.Cc1ccc(C(C)C)cc1.Cc1ccc(C(C)C)cc1. The van der Waals surface area contributed by atoms with Crippen molar-refractivity contribution in [1.29, 1.82) is 0 Å². The van der Waals surface area contributed by atoms with Crippen molar-refractivity contribution in [3.8, 4) is 0 Å². The van der Waals surface area contributed by atoms with E-state index in [2.05, 4.69) is 163 Å². The zero-order valence-corrected chi connectivity index (χ0v) is 49.9. The molecule has 404 valence electrons. The van der Waals surface area contributed by atoms with Gasteiger partial charge in [0.2, 0.25) is 0 Å². The van der Waals surface area contributed by atoms with Crippen molar-refractivity contribution < 1.29 is 13.2 Å². The second-order valence-electron chi connectivity index (χ2n) is 22.0. The fourth-order valence-electron chi connectivity index (χ4n) is 8.26. The molecule has 1 nitrogen and oxygen atoms in total. The van der Waals surface area contributed by atoms with Gasteiger partial charge >= 0.3 is 0 Å². The summed E-state index contributed by atoms with van der Waals surface area (Å²) in [7, 11) is 0. The summed E-state index contributed by atoms with van der Waals surface area (Å²) < 4.78 is 38.7. The molecule has 0 unspecified atom stereocenters. The zero-order chi connectivity index (χ0) is 56.1. The molecule has 75 heavy (non-hydrogen) atoms.